The van der Waals surface area contributed by atoms with E-state index >= 15 is 0 Å². The van der Waals surface area contributed by atoms with E-state index in [-0.39, 0.29) is 5.56 Å². The van der Waals surface area contributed by atoms with Gasteiger partial charge in [-0.15, -0.1) is 0 Å². The summed E-state index contributed by atoms with van der Waals surface area (Å²) in [5, 5.41) is 3.65. The normalized spacial score (nSPS) is 23.1. The first-order valence-corrected chi connectivity index (χ1v) is 9.14. The van der Waals surface area contributed by atoms with Crippen molar-refractivity contribution in [2.75, 3.05) is 19.6 Å². The molecule has 0 spiro atoms. The Morgan fingerprint density at radius 2 is 2.08 bits per heavy atom. The lowest BCUT2D eigenvalue weighted by atomic mass is 9.88. The smallest absolute Gasteiger partial charge is 0.258 e. The molecule has 0 bridgehead atoms. The van der Waals surface area contributed by atoms with E-state index in [2.05, 4.69) is 15.2 Å². The van der Waals surface area contributed by atoms with Crippen LogP contribution in [-0.2, 0) is 6.54 Å². The van der Waals surface area contributed by atoms with Gasteiger partial charge < -0.3 is 5.32 Å². The first-order chi connectivity index (χ1) is 11.7. The molecule has 1 atom stereocenters. The first kappa shape index (κ1) is 15.8. The van der Waals surface area contributed by atoms with Crippen molar-refractivity contribution < 1.29 is 0 Å². The predicted molar refractivity (Wildman–Crippen MR) is 95.2 cm³/mol. The highest BCUT2D eigenvalue weighted by molar-refractivity contribution is 5.39. The van der Waals surface area contributed by atoms with Gasteiger partial charge in [-0.3, -0.25) is 14.1 Å². The second-order valence-electron chi connectivity index (χ2n) is 7.34. The average molecular weight is 326 g/mol. The number of aryl methyl sites for hydroxylation is 1. The summed E-state index contributed by atoms with van der Waals surface area (Å²) < 4.78 is 1.64. The molecule has 0 aliphatic carbocycles. The Balaban J connectivity index is 1.43. The second-order valence-corrected chi connectivity index (χ2v) is 7.34. The maximum atomic E-state index is 12.3. The number of pyridine rings is 1. The summed E-state index contributed by atoms with van der Waals surface area (Å²) in [6.07, 6.45) is 7.03. The van der Waals surface area contributed by atoms with Crippen LogP contribution in [0.1, 0.15) is 36.9 Å². The van der Waals surface area contributed by atoms with E-state index in [4.69, 9.17) is 0 Å². The summed E-state index contributed by atoms with van der Waals surface area (Å²) in [4.78, 5) is 19.4. The molecular formula is C19H26N4O. The number of hydrogen-bond donors (Lipinski definition) is 1. The van der Waals surface area contributed by atoms with Gasteiger partial charge in [-0.2, -0.15) is 0 Å². The zero-order valence-corrected chi connectivity index (χ0v) is 14.4. The van der Waals surface area contributed by atoms with Gasteiger partial charge in [-0.05, 0) is 69.8 Å². The topological polar surface area (TPSA) is 49.6 Å². The number of fused-ring (bicyclic) bond motifs is 1. The number of hydrogen-bond acceptors (Lipinski definition) is 4. The monoisotopic (exact) mass is 326 g/mol. The molecule has 128 valence electrons. The van der Waals surface area contributed by atoms with E-state index in [1.165, 1.54) is 32.2 Å². The molecule has 5 nitrogen and oxygen atoms in total. The van der Waals surface area contributed by atoms with Crippen molar-refractivity contribution in [2.45, 2.75) is 45.2 Å². The second kappa shape index (κ2) is 6.65. The molecule has 2 aliphatic rings. The van der Waals surface area contributed by atoms with Crippen molar-refractivity contribution >= 4 is 5.65 Å². The molecule has 24 heavy (non-hydrogen) atoms. The Hall–Kier alpha value is -1.72. The molecule has 0 amide bonds. The predicted octanol–water partition coefficient (Wildman–Crippen LogP) is 1.97. The minimum Gasteiger partial charge on any atom is -0.314 e. The molecule has 2 aromatic rings. The largest absolute Gasteiger partial charge is 0.314 e. The average Bonchev–Trinajstić information content (AvgIpc) is 3.11. The molecule has 0 radical (unpaired) electrons. The van der Waals surface area contributed by atoms with Gasteiger partial charge >= 0.3 is 0 Å². The highest BCUT2D eigenvalue weighted by Crippen LogP contribution is 2.26. The lowest BCUT2D eigenvalue weighted by Crippen LogP contribution is -2.40. The number of aromatic nitrogens is 2. The third-order valence-corrected chi connectivity index (χ3v) is 5.55. The molecule has 2 aliphatic heterocycles. The van der Waals surface area contributed by atoms with E-state index < -0.39 is 0 Å². The van der Waals surface area contributed by atoms with Crippen LogP contribution in [0.4, 0.5) is 0 Å². The van der Waals surface area contributed by atoms with Crippen molar-refractivity contribution in [3.05, 3.63) is 46.0 Å². The first-order valence-electron chi connectivity index (χ1n) is 9.14. The van der Waals surface area contributed by atoms with Crippen LogP contribution in [-0.4, -0.2) is 40.0 Å². The van der Waals surface area contributed by atoms with Crippen molar-refractivity contribution in [1.82, 2.24) is 19.6 Å². The van der Waals surface area contributed by atoms with Crippen LogP contribution in [0.3, 0.4) is 0 Å². The van der Waals surface area contributed by atoms with Gasteiger partial charge in [0.1, 0.15) is 5.65 Å². The highest BCUT2D eigenvalue weighted by atomic mass is 16.1. The molecule has 0 saturated carbocycles. The standard InChI is InChI=1S/C19H26N4O/c1-14-4-5-18-21-16(11-19(24)23(18)12-14)13-22-9-6-15(7-10-22)17-3-2-8-20-17/h4-5,11-12,15,17,20H,2-3,6-10,13H2,1H3. The minimum absolute atomic E-state index is 0.0174. The quantitative estimate of drug-likeness (QED) is 0.937. The Morgan fingerprint density at radius 1 is 1.25 bits per heavy atom. The molecule has 5 heteroatoms. The summed E-state index contributed by atoms with van der Waals surface area (Å²) in [5.74, 6) is 0.821. The highest BCUT2D eigenvalue weighted by Gasteiger charge is 2.28. The third-order valence-electron chi connectivity index (χ3n) is 5.55. The maximum absolute atomic E-state index is 12.3. The molecule has 0 aromatic carbocycles. The van der Waals surface area contributed by atoms with Crippen LogP contribution >= 0.6 is 0 Å². The van der Waals surface area contributed by atoms with E-state index in [9.17, 15) is 4.79 Å². The fraction of sp³-hybridized carbons (Fsp3) is 0.579. The van der Waals surface area contributed by atoms with Gasteiger partial charge in [0.25, 0.3) is 5.56 Å². The van der Waals surface area contributed by atoms with Gasteiger partial charge in [0.15, 0.2) is 0 Å². The Labute approximate surface area is 142 Å². The van der Waals surface area contributed by atoms with Gasteiger partial charge in [-0.1, -0.05) is 6.07 Å². The number of piperidine rings is 1. The van der Waals surface area contributed by atoms with E-state index in [0.717, 1.165) is 48.5 Å². The lowest BCUT2D eigenvalue weighted by molar-refractivity contribution is 0.156. The van der Waals surface area contributed by atoms with E-state index in [0.29, 0.717) is 0 Å². The molecular weight excluding hydrogens is 300 g/mol. The number of rotatable bonds is 3. The van der Waals surface area contributed by atoms with Crippen molar-refractivity contribution in [3.8, 4) is 0 Å². The van der Waals surface area contributed by atoms with Gasteiger partial charge in [0.05, 0.1) is 5.69 Å². The zero-order chi connectivity index (χ0) is 16.5. The van der Waals surface area contributed by atoms with Crippen LogP contribution in [0.25, 0.3) is 5.65 Å². The lowest BCUT2D eigenvalue weighted by Gasteiger charge is -2.34. The summed E-state index contributed by atoms with van der Waals surface area (Å²) in [7, 11) is 0. The summed E-state index contributed by atoms with van der Waals surface area (Å²) in [6, 6.07) is 6.36. The van der Waals surface area contributed by atoms with Crippen molar-refractivity contribution in [1.29, 1.82) is 0 Å². The van der Waals surface area contributed by atoms with Crippen molar-refractivity contribution in [2.24, 2.45) is 5.92 Å². The van der Waals surface area contributed by atoms with E-state index in [1.807, 2.05) is 25.3 Å². The molecule has 1 unspecified atom stereocenters. The van der Waals surface area contributed by atoms with Crippen LogP contribution in [0.2, 0.25) is 0 Å². The number of nitrogens with one attached hydrogen (secondary N) is 1. The molecule has 2 saturated heterocycles. The van der Waals surface area contributed by atoms with Crippen LogP contribution in [0.15, 0.2) is 29.2 Å². The minimum atomic E-state index is 0.0174. The molecule has 4 heterocycles. The SMILES string of the molecule is Cc1ccc2nc(CN3CCC(C4CCCN4)CC3)cc(=O)n2c1. The van der Waals surface area contributed by atoms with Crippen molar-refractivity contribution in [3.63, 3.8) is 0 Å². The molecule has 4 rings (SSSR count). The Kier molecular flexibility index (Phi) is 4.37. The maximum Gasteiger partial charge on any atom is 0.258 e. The summed E-state index contributed by atoms with van der Waals surface area (Å²) >= 11 is 0. The molecule has 2 aromatic heterocycles. The third kappa shape index (κ3) is 3.23. The number of likely N-dealkylation sites (tertiary alicyclic amines) is 1. The van der Waals surface area contributed by atoms with Gasteiger partial charge in [-0.25, -0.2) is 4.98 Å². The fourth-order valence-electron chi connectivity index (χ4n) is 4.20. The zero-order valence-electron chi connectivity index (χ0n) is 14.4. The summed E-state index contributed by atoms with van der Waals surface area (Å²) in [6.45, 7) is 6.18. The van der Waals surface area contributed by atoms with Crippen LogP contribution < -0.4 is 10.9 Å². The Morgan fingerprint density at radius 3 is 2.83 bits per heavy atom. The van der Waals surface area contributed by atoms with E-state index in [1.54, 1.807) is 10.5 Å². The van der Waals surface area contributed by atoms with Crippen LogP contribution in [0, 0.1) is 12.8 Å². The molecule has 1 N–H and O–H groups in total. The van der Waals surface area contributed by atoms with Gasteiger partial charge in [0.2, 0.25) is 0 Å². The van der Waals surface area contributed by atoms with Crippen LogP contribution in [0.5, 0.6) is 0 Å². The number of nitrogens with zero attached hydrogens (tertiary/aromatic N) is 3. The summed E-state index contributed by atoms with van der Waals surface area (Å²) in [5.41, 5.74) is 2.72. The Bertz CT molecular complexity index is 771. The molecule has 2 fully saturated rings. The fourth-order valence-corrected chi connectivity index (χ4v) is 4.20. The van der Waals surface area contributed by atoms with Gasteiger partial charge in [0, 0.05) is 24.8 Å².